The van der Waals surface area contributed by atoms with Gasteiger partial charge < -0.3 is 26.4 Å². The molecular weight excluding hydrogens is 244 g/mol. The zero-order valence-electron chi connectivity index (χ0n) is 11.5. The maximum absolute atomic E-state index is 11.0. The van der Waals surface area contributed by atoms with Crippen molar-refractivity contribution < 1.29 is 9.53 Å². The molecule has 0 fully saturated rings. The fourth-order valence-electron chi connectivity index (χ4n) is 1.62. The SMILES string of the molecule is COCCN(C)CCNc1ccc(C(N)=O)cc1N. The number of primary amides is 1. The summed E-state index contributed by atoms with van der Waals surface area (Å²) >= 11 is 0. The monoisotopic (exact) mass is 266 g/mol. The van der Waals surface area contributed by atoms with Gasteiger partial charge in [-0.25, -0.2) is 0 Å². The van der Waals surface area contributed by atoms with Gasteiger partial charge in [0.05, 0.1) is 18.0 Å². The summed E-state index contributed by atoms with van der Waals surface area (Å²) in [6, 6.07) is 5.01. The van der Waals surface area contributed by atoms with E-state index in [1.165, 1.54) is 0 Å². The van der Waals surface area contributed by atoms with E-state index < -0.39 is 5.91 Å². The Balaban J connectivity index is 2.43. The minimum Gasteiger partial charge on any atom is -0.397 e. The minimum absolute atomic E-state index is 0.417. The summed E-state index contributed by atoms with van der Waals surface area (Å²) in [6.45, 7) is 3.24. The fraction of sp³-hybridized carbons (Fsp3) is 0.462. The number of benzene rings is 1. The van der Waals surface area contributed by atoms with Crippen LogP contribution in [0.1, 0.15) is 10.4 Å². The van der Waals surface area contributed by atoms with Crippen molar-refractivity contribution in [2.75, 3.05) is 51.4 Å². The Morgan fingerprint density at radius 2 is 2.16 bits per heavy atom. The van der Waals surface area contributed by atoms with Crippen LogP contribution in [-0.2, 0) is 4.74 Å². The van der Waals surface area contributed by atoms with Gasteiger partial charge in [0.15, 0.2) is 0 Å². The third kappa shape index (κ3) is 5.15. The van der Waals surface area contributed by atoms with E-state index in [2.05, 4.69) is 10.2 Å². The van der Waals surface area contributed by atoms with Crippen molar-refractivity contribution in [1.82, 2.24) is 4.90 Å². The normalized spacial score (nSPS) is 10.7. The quantitative estimate of drug-likeness (QED) is 0.591. The van der Waals surface area contributed by atoms with Gasteiger partial charge in [-0.2, -0.15) is 0 Å². The Morgan fingerprint density at radius 1 is 1.42 bits per heavy atom. The van der Waals surface area contributed by atoms with E-state index in [1.54, 1.807) is 25.3 Å². The molecule has 0 unspecified atom stereocenters. The summed E-state index contributed by atoms with van der Waals surface area (Å²) < 4.78 is 5.01. The summed E-state index contributed by atoms with van der Waals surface area (Å²) in [4.78, 5) is 13.2. The minimum atomic E-state index is -0.474. The van der Waals surface area contributed by atoms with Crippen molar-refractivity contribution in [3.05, 3.63) is 23.8 Å². The van der Waals surface area contributed by atoms with Crippen molar-refractivity contribution in [1.29, 1.82) is 0 Å². The largest absolute Gasteiger partial charge is 0.397 e. The Kier molecular flexibility index (Phi) is 6.11. The molecule has 1 amide bonds. The molecule has 19 heavy (non-hydrogen) atoms. The standard InChI is InChI=1S/C13H22N4O2/c1-17(7-8-19-2)6-5-16-12-4-3-10(13(15)18)9-11(12)14/h3-4,9,16H,5-8,14H2,1-2H3,(H2,15,18). The number of nitrogens with two attached hydrogens (primary N) is 2. The van der Waals surface area contributed by atoms with E-state index in [4.69, 9.17) is 16.2 Å². The predicted molar refractivity (Wildman–Crippen MR) is 77.2 cm³/mol. The zero-order chi connectivity index (χ0) is 14.3. The van der Waals surface area contributed by atoms with Gasteiger partial charge in [-0.15, -0.1) is 0 Å². The highest BCUT2D eigenvalue weighted by Gasteiger charge is 2.04. The topological polar surface area (TPSA) is 93.6 Å². The van der Waals surface area contributed by atoms with Crippen LogP contribution in [0, 0.1) is 0 Å². The number of methoxy groups -OCH3 is 1. The molecule has 0 atom stereocenters. The van der Waals surface area contributed by atoms with Crippen LogP contribution in [0.2, 0.25) is 0 Å². The summed E-state index contributed by atoms with van der Waals surface area (Å²) in [6.07, 6.45) is 0. The van der Waals surface area contributed by atoms with Gasteiger partial charge in [0.2, 0.25) is 5.91 Å². The average Bonchev–Trinajstić information content (AvgIpc) is 2.38. The van der Waals surface area contributed by atoms with Crippen LogP contribution in [0.15, 0.2) is 18.2 Å². The van der Waals surface area contributed by atoms with Crippen LogP contribution in [-0.4, -0.2) is 51.2 Å². The smallest absolute Gasteiger partial charge is 0.248 e. The number of rotatable bonds is 8. The van der Waals surface area contributed by atoms with E-state index in [0.717, 1.165) is 25.3 Å². The number of hydrogen-bond acceptors (Lipinski definition) is 5. The average molecular weight is 266 g/mol. The Bertz CT molecular complexity index is 423. The number of nitrogens with one attached hydrogen (secondary N) is 1. The zero-order valence-corrected chi connectivity index (χ0v) is 11.5. The molecule has 1 aromatic carbocycles. The number of nitrogen functional groups attached to an aromatic ring is 1. The first kappa shape index (κ1) is 15.3. The molecule has 0 aliphatic heterocycles. The molecule has 0 aliphatic rings. The van der Waals surface area contributed by atoms with Gasteiger partial charge in [0.25, 0.3) is 0 Å². The van der Waals surface area contributed by atoms with Crippen molar-refractivity contribution in [3.8, 4) is 0 Å². The van der Waals surface area contributed by atoms with Crippen LogP contribution in [0.4, 0.5) is 11.4 Å². The van der Waals surface area contributed by atoms with Gasteiger partial charge in [-0.1, -0.05) is 0 Å². The Morgan fingerprint density at radius 3 is 2.74 bits per heavy atom. The lowest BCUT2D eigenvalue weighted by atomic mass is 10.1. The van der Waals surface area contributed by atoms with Crippen LogP contribution >= 0.6 is 0 Å². The van der Waals surface area contributed by atoms with Gasteiger partial charge >= 0.3 is 0 Å². The van der Waals surface area contributed by atoms with Gasteiger partial charge in [0.1, 0.15) is 0 Å². The molecule has 0 saturated heterocycles. The summed E-state index contributed by atoms with van der Waals surface area (Å²) in [7, 11) is 3.72. The van der Waals surface area contributed by atoms with Gasteiger partial charge in [-0.05, 0) is 25.2 Å². The van der Waals surface area contributed by atoms with E-state index >= 15 is 0 Å². The van der Waals surface area contributed by atoms with Crippen LogP contribution in [0.5, 0.6) is 0 Å². The molecule has 5 N–H and O–H groups in total. The first-order valence-electron chi connectivity index (χ1n) is 6.15. The highest BCUT2D eigenvalue weighted by atomic mass is 16.5. The van der Waals surface area contributed by atoms with Crippen LogP contribution in [0.25, 0.3) is 0 Å². The number of carbonyl (C=O) groups excluding carboxylic acids is 1. The molecule has 0 aromatic heterocycles. The number of likely N-dealkylation sites (N-methyl/N-ethyl adjacent to an activating group) is 1. The van der Waals surface area contributed by atoms with Gasteiger partial charge in [-0.3, -0.25) is 4.79 Å². The molecule has 0 radical (unpaired) electrons. The maximum atomic E-state index is 11.0. The molecule has 0 spiro atoms. The number of carbonyl (C=O) groups is 1. The lowest BCUT2D eigenvalue weighted by Crippen LogP contribution is -2.28. The molecule has 0 heterocycles. The third-order valence-corrected chi connectivity index (χ3v) is 2.82. The Hall–Kier alpha value is -1.79. The lowest BCUT2D eigenvalue weighted by molar-refractivity contribution is 0.100. The molecule has 106 valence electrons. The lowest BCUT2D eigenvalue weighted by Gasteiger charge is -2.17. The first-order chi connectivity index (χ1) is 9.04. The second kappa shape index (κ2) is 7.60. The second-order valence-electron chi connectivity index (χ2n) is 4.39. The molecule has 1 aromatic rings. The van der Waals surface area contributed by atoms with Gasteiger partial charge in [0, 0.05) is 32.3 Å². The fourth-order valence-corrected chi connectivity index (χ4v) is 1.62. The number of amides is 1. The highest BCUT2D eigenvalue weighted by Crippen LogP contribution is 2.19. The molecule has 1 rings (SSSR count). The van der Waals surface area contributed by atoms with E-state index in [0.29, 0.717) is 17.9 Å². The van der Waals surface area contributed by atoms with Crippen molar-refractivity contribution in [3.63, 3.8) is 0 Å². The van der Waals surface area contributed by atoms with Crippen molar-refractivity contribution in [2.24, 2.45) is 5.73 Å². The Labute approximate surface area is 113 Å². The summed E-state index contributed by atoms with van der Waals surface area (Å²) in [5.74, 6) is -0.474. The van der Waals surface area contributed by atoms with E-state index in [-0.39, 0.29) is 0 Å². The number of nitrogens with zero attached hydrogens (tertiary/aromatic N) is 1. The molecular formula is C13H22N4O2. The summed E-state index contributed by atoms with van der Waals surface area (Å²) in [5.41, 5.74) is 12.8. The van der Waals surface area contributed by atoms with Crippen LogP contribution < -0.4 is 16.8 Å². The maximum Gasteiger partial charge on any atom is 0.248 e. The summed E-state index contributed by atoms with van der Waals surface area (Å²) in [5, 5.41) is 3.23. The second-order valence-corrected chi connectivity index (χ2v) is 4.39. The molecule has 0 bridgehead atoms. The van der Waals surface area contributed by atoms with Crippen molar-refractivity contribution in [2.45, 2.75) is 0 Å². The van der Waals surface area contributed by atoms with E-state index in [9.17, 15) is 4.79 Å². The van der Waals surface area contributed by atoms with E-state index in [1.807, 2.05) is 7.05 Å². The molecule has 6 heteroatoms. The van der Waals surface area contributed by atoms with Crippen molar-refractivity contribution >= 4 is 17.3 Å². The number of hydrogen-bond donors (Lipinski definition) is 3. The molecule has 6 nitrogen and oxygen atoms in total. The molecule has 0 saturated carbocycles. The third-order valence-electron chi connectivity index (χ3n) is 2.82. The highest BCUT2D eigenvalue weighted by molar-refractivity contribution is 5.94. The number of ether oxygens (including phenoxy) is 1. The predicted octanol–water partition coefficient (Wildman–Crippen LogP) is 0.358. The van der Waals surface area contributed by atoms with Crippen LogP contribution in [0.3, 0.4) is 0 Å². The molecule has 0 aliphatic carbocycles. The first-order valence-corrected chi connectivity index (χ1v) is 6.15. The number of anilines is 2.